The van der Waals surface area contributed by atoms with Gasteiger partial charge in [0.25, 0.3) is 0 Å². The summed E-state index contributed by atoms with van der Waals surface area (Å²) in [5, 5.41) is 0. The molecule has 5 heteroatoms. The first-order chi connectivity index (χ1) is 11.2. The van der Waals surface area contributed by atoms with Gasteiger partial charge in [-0.3, -0.25) is 0 Å². The van der Waals surface area contributed by atoms with Crippen molar-refractivity contribution in [2.75, 3.05) is 6.26 Å². The number of thioether (sulfide) groups is 1. The Kier molecular flexibility index (Phi) is 5.43. The normalized spacial score (nSPS) is 10.9. The van der Waals surface area contributed by atoms with E-state index in [0.29, 0.717) is 6.54 Å². The van der Waals surface area contributed by atoms with Crippen LogP contribution in [0.4, 0.5) is 4.39 Å². The Morgan fingerprint density at radius 2 is 1.70 bits per heavy atom. The number of benzene rings is 2. The van der Waals surface area contributed by atoms with E-state index in [4.69, 9.17) is 5.73 Å². The number of thiophene rings is 1. The molecule has 118 valence electrons. The molecule has 0 aliphatic carbocycles. The second-order valence-corrected chi connectivity index (χ2v) is 8.35. The Hall–Kier alpha value is -1.27. The lowest BCUT2D eigenvalue weighted by molar-refractivity contribution is 0.628. The van der Waals surface area contributed by atoms with E-state index in [1.54, 1.807) is 34.9 Å². The Balaban J connectivity index is 1.93. The maximum atomic E-state index is 13.1. The van der Waals surface area contributed by atoms with Crippen molar-refractivity contribution in [2.45, 2.75) is 20.5 Å². The Bertz CT molecular complexity index is 796. The van der Waals surface area contributed by atoms with E-state index in [-0.39, 0.29) is 5.82 Å². The molecule has 1 heterocycles. The molecule has 0 saturated carbocycles. The van der Waals surface area contributed by atoms with Gasteiger partial charge in [0, 0.05) is 21.2 Å². The quantitative estimate of drug-likeness (QED) is 0.574. The number of hydrogen-bond donors (Lipinski definition) is 1. The summed E-state index contributed by atoms with van der Waals surface area (Å²) < 4.78 is 14.4. The van der Waals surface area contributed by atoms with Crippen LogP contribution in [0.2, 0.25) is 0 Å². The predicted octanol–water partition coefficient (Wildman–Crippen LogP) is 5.89. The van der Waals surface area contributed by atoms with Gasteiger partial charge >= 0.3 is 0 Å². The van der Waals surface area contributed by atoms with Gasteiger partial charge < -0.3 is 5.73 Å². The van der Waals surface area contributed by atoms with Crippen LogP contribution in [-0.4, -0.2) is 6.26 Å². The van der Waals surface area contributed by atoms with Gasteiger partial charge in [-0.25, -0.2) is 4.39 Å². The van der Waals surface area contributed by atoms with Crippen molar-refractivity contribution in [2.24, 2.45) is 5.73 Å². The maximum absolute atomic E-state index is 13.1. The fraction of sp³-hybridized carbons (Fsp3) is 0.111. The van der Waals surface area contributed by atoms with Crippen LogP contribution >= 0.6 is 34.9 Å². The maximum Gasteiger partial charge on any atom is 0.123 e. The molecule has 1 nitrogen and oxygen atoms in total. The minimum atomic E-state index is -0.211. The first-order valence-electron chi connectivity index (χ1n) is 7.09. The third kappa shape index (κ3) is 4.18. The van der Waals surface area contributed by atoms with Crippen molar-refractivity contribution < 1.29 is 4.39 Å². The molecule has 2 N–H and O–H groups in total. The van der Waals surface area contributed by atoms with Gasteiger partial charge in [0.15, 0.2) is 0 Å². The fourth-order valence-electron chi connectivity index (χ4n) is 2.20. The zero-order chi connectivity index (χ0) is 16.2. The molecule has 0 amide bonds. The van der Waals surface area contributed by atoms with Gasteiger partial charge in [-0.05, 0) is 59.8 Å². The second-order valence-electron chi connectivity index (χ2n) is 4.93. The lowest BCUT2D eigenvalue weighted by Gasteiger charge is -2.08. The van der Waals surface area contributed by atoms with Gasteiger partial charge in [-0.2, -0.15) is 0 Å². The highest BCUT2D eigenvalue weighted by molar-refractivity contribution is 8.01. The van der Waals surface area contributed by atoms with Crippen molar-refractivity contribution in [3.05, 3.63) is 65.3 Å². The summed E-state index contributed by atoms with van der Waals surface area (Å²) in [6.45, 7) is 0.580. The summed E-state index contributed by atoms with van der Waals surface area (Å²) in [5.74, 6) is -0.211. The van der Waals surface area contributed by atoms with E-state index in [0.717, 1.165) is 11.1 Å². The number of halogens is 1. The average molecular weight is 362 g/mol. The van der Waals surface area contributed by atoms with Crippen LogP contribution in [-0.2, 0) is 6.54 Å². The van der Waals surface area contributed by atoms with Crippen molar-refractivity contribution >= 4 is 34.9 Å². The highest BCUT2D eigenvalue weighted by atomic mass is 32.2. The molecule has 2 aromatic carbocycles. The SMILES string of the molecule is CSc1cc(Sc2ccc(CN)s2)cc(-c2ccc(F)cc2)c1. The molecule has 0 unspecified atom stereocenters. The van der Waals surface area contributed by atoms with Gasteiger partial charge in [0.1, 0.15) is 5.82 Å². The lowest BCUT2D eigenvalue weighted by Crippen LogP contribution is -1.90. The van der Waals surface area contributed by atoms with Crippen LogP contribution in [0.15, 0.2) is 68.6 Å². The van der Waals surface area contributed by atoms with Gasteiger partial charge in [0.05, 0.1) is 4.21 Å². The minimum Gasteiger partial charge on any atom is -0.326 e. The highest BCUT2D eigenvalue weighted by Crippen LogP contribution is 2.37. The molecule has 3 aromatic rings. The Labute approximate surface area is 148 Å². The Morgan fingerprint density at radius 3 is 2.35 bits per heavy atom. The molecule has 0 bridgehead atoms. The van der Waals surface area contributed by atoms with E-state index in [1.165, 1.54) is 31.0 Å². The monoisotopic (exact) mass is 361 g/mol. The average Bonchev–Trinajstić information content (AvgIpc) is 3.02. The summed E-state index contributed by atoms with van der Waals surface area (Å²) in [6.07, 6.45) is 2.07. The molecule has 0 aliphatic heterocycles. The van der Waals surface area contributed by atoms with E-state index < -0.39 is 0 Å². The predicted molar refractivity (Wildman–Crippen MR) is 100.0 cm³/mol. The molecular weight excluding hydrogens is 345 g/mol. The third-order valence-corrected chi connectivity index (χ3v) is 6.27. The summed E-state index contributed by atoms with van der Waals surface area (Å²) in [6, 6.07) is 17.3. The molecule has 0 fully saturated rings. The molecule has 0 aliphatic rings. The Morgan fingerprint density at radius 1 is 0.957 bits per heavy atom. The van der Waals surface area contributed by atoms with Crippen molar-refractivity contribution in [1.29, 1.82) is 0 Å². The lowest BCUT2D eigenvalue weighted by atomic mass is 10.1. The fourth-order valence-corrected chi connectivity index (χ4v) is 4.89. The van der Waals surface area contributed by atoms with Crippen LogP contribution in [0, 0.1) is 5.82 Å². The van der Waals surface area contributed by atoms with E-state index in [1.807, 2.05) is 12.1 Å². The standard InChI is InChI=1S/C18H16FNS3/c1-21-16-8-13(12-2-4-14(19)5-3-12)9-17(10-16)23-18-7-6-15(11-20)22-18/h2-10H,11,20H2,1H3. The summed E-state index contributed by atoms with van der Waals surface area (Å²) in [7, 11) is 0. The molecule has 23 heavy (non-hydrogen) atoms. The molecular formula is C18H16FNS3. The van der Waals surface area contributed by atoms with Gasteiger partial charge in [-0.1, -0.05) is 23.9 Å². The van der Waals surface area contributed by atoms with Gasteiger partial charge in [0.2, 0.25) is 0 Å². The van der Waals surface area contributed by atoms with E-state index >= 15 is 0 Å². The molecule has 0 radical (unpaired) electrons. The first kappa shape index (κ1) is 16.6. The molecule has 0 atom stereocenters. The number of nitrogens with two attached hydrogens (primary N) is 1. The van der Waals surface area contributed by atoms with Crippen LogP contribution in [0.1, 0.15) is 4.88 Å². The summed E-state index contributed by atoms with van der Waals surface area (Å²) in [4.78, 5) is 3.57. The van der Waals surface area contributed by atoms with Crippen LogP contribution in [0.3, 0.4) is 0 Å². The molecule has 1 aromatic heterocycles. The summed E-state index contributed by atoms with van der Waals surface area (Å²) >= 11 is 5.18. The van der Waals surface area contributed by atoms with Crippen LogP contribution in [0.5, 0.6) is 0 Å². The molecule has 0 spiro atoms. The molecule has 3 rings (SSSR count). The smallest absolute Gasteiger partial charge is 0.123 e. The summed E-state index contributed by atoms with van der Waals surface area (Å²) in [5.41, 5.74) is 7.81. The van der Waals surface area contributed by atoms with Gasteiger partial charge in [-0.15, -0.1) is 23.1 Å². The zero-order valence-electron chi connectivity index (χ0n) is 12.6. The van der Waals surface area contributed by atoms with Crippen molar-refractivity contribution in [3.8, 4) is 11.1 Å². The van der Waals surface area contributed by atoms with E-state index in [9.17, 15) is 4.39 Å². The first-order valence-corrected chi connectivity index (χ1v) is 9.95. The van der Waals surface area contributed by atoms with Crippen molar-refractivity contribution in [3.63, 3.8) is 0 Å². The number of hydrogen-bond acceptors (Lipinski definition) is 4. The minimum absolute atomic E-state index is 0.211. The third-order valence-electron chi connectivity index (χ3n) is 3.35. The van der Waals surface area contributed by atoms with Crippen molar-refractivity contribution in [1.82, 2.24) is 0 Å². The van der Waals surface area contributed by atoms with Crippen LogP contribution in [0.25, 0.3) is 11.1 Å². The topological polar surface area (TPSA) is 26.0 Å². The van der Waals surface area contributed by atoms with Crippen LogP contribution < -0.4 is 5.73 Å². The molecule has 0 saturated heterocycles. The largest absolute Gasteiger partial charge is 0.326 e. The van der Waals surface area contributed by atoms with E-state index in [2.05, 4.69) is 36.6 Å². The number of rotatable bonds is 5. The highest BCUT2D eigenvalue weighted by Gasteiger charge is 2.07. The zero-order valence-corrected chi connectivity index (χ0v) is 15.0. The second kappa shape index (κ2) is 7.53.